The van der Waals surface area contributed by atoms with Crippen LogP contribution >= 0.6 is 18.3 Å². The van der Waals surface area contributed by atoms with Gasteiger partial charge in [0.05, 0.1) is 30.7 Å². The van der Waals surface area contributed by atoms with Crippen LogP contribution < -0.4 is 5.73 Å². The monoisotopic (exact) mass is 777 g/mol. The van der Waals surface area contributed by atoms with Gasteiger partial charge in [-0.25, -0.2) is 23.7 Å². The van der Waals surface area contributed by atoms with Crippen molar-refractivity contribution in [2.45, 2.75) is 115 Å². The molecule has 2 aliphatic rings. The third-order valence-electron chi connectivity index (χ3n) is 10.1. The summed E-state index contributed by atoms with van der Waals surface area (Å²) in [5.74, 6) is -1.40. The Bertz CT molecular complexity index is 1740. The number of imidazole rings is 1. The highest BCUT2D eigenvalue weighted by atomic mass is 35.5. The number of nitrogens with zero attached hydrogens (tertiary/aromatic N) is 4. The van der Waals surface area contributed by atoms with Gasteiger partial charge in [-0.05, 0) is 54.1 Å². The molecule has 18 heteroatoms. The summed E-state index contributed by atoms with van der Waals surface area (Å²) >= 11 is 11.8. The molecule has 2 aliphatic heterocycles. The molecule has 0 spiro atoms. The first-order valence-electron chi connectivity index (χ1n) is 16.2. The van der Waals surface area contributed by atoms with Crippen LogP contribution in [0.4, 0.5) is 14.6 Å². The number of hydrogen-bond donors (Lipinski definition) is 1. The van der Waals surface area contributed by atoms with E-state index in [0.29, 0.717) is 11.2 Å². The first-order chi connectivity index (χ1) is 22.5. The first-order valence-corrected chi connectivity index (χ1v) is 24.9. The molecule has 4 heterocycles. The molecule has 272 valence electrons. The SMILES string of the molecule is CC(C)(C)[Si](C)(C)O[C@@H]1[C@H](O[Si](C)(C)C(C)(C)C)[C@@H](COP2(=S)OCCC(c3cc(Cl)c(F)cc3F)O2)O[C@H]1n1cnc2c(N)ncnc21. The molecule has 2 N–H and O–H groups in total. The van der Waals surface area contributed by atoms with Gasteiger partial charge in [0.1, 0.15) is 41.8 Å². The standard InChI is InChI=1S/C31H47ClF2N5O6PSSi2/c1-30(2,3)48(7,8)44-25-23(15-41-46(47)40-12-11-22(43-46)18-13-19(32)21(34)14-20(18)33)42-29(26(25)45-49(9,10)31(4,5)6)39-17-38-24-27(35)36-16-37-28(24)39/h13-14,16-17,22-23,25-26,29H,11-12,15H2,1-10H3,(H2,35,36,37)/t22?,23-,25-,26-,29-,46?/m1/s1. The number of benzene rings is 1. The van der Waals surface area contributed by atoms with E-state index in [4.69, 9.17) is 56.3 Å². The topological polar surface area (TPSA) is 125 Å². The lowest BCUT2D eigenvalue weighted by molar-refractivity contribution is -0.0515. The number of halogens is 3. The maximum absolute atomic E-state index is 14.8. The summed E-state index contributed by atoms with van der Waals surface area (Å²) in [6, 6.07) is 1.95. The number of anilines is 1. The second kappa shape index (κ2) is 13.8. The van der Waals surface area contributed by atoms with Gasteiger partial charge in [-0.2, -0.15) is 0 Å². The van der Waals surface area contributed by atoms with E-state index < -0.39 is 65.6 Å². The Morgan fingerprint density at radius 2 is 1.63 bits per heavy atom. The summed E-state index contributed by atoms with van der Waals surface area (Å²) in [6.45, 7) is 18.3. The lowest BCUT2D eigenvalue weighted by Crippen LogP contribution is -2.54. The van der Waals surface area contributed by atoms with Crippen molar-refractivity contribution in [2.24, 2.45) is 0 Å². The number of nitrogens with two attached hydrogens (primary N) is 1. The fourth-order valence-electron chi connectivity index (χ4n) is 5.16. The van der Waals surface area contributed by atoms with Crippen LogP contribution in [0.25, 0.3) is 11.2 Å². The van der Waals surface area contributed by atoms with Gasteiger partial charge in [-0.1, -0.05) is 53.1 Å². The number of ether oxygens (including phenoxy) is 1. The Kier molecular flexibility index (Phi) is 11.0. The molecule has 0 amide bonds. The molecule has 11 nitrogen and oxygen atoms in total. The van der Waals surface area contributed by atoms with Crippen molar-refractivity contribution in [1.29, 1.82) is 0 Å². The van der Waals surface area contributed by atoms with Gasteiger partial charge in [0.15, 0.2) is 34.3 Å². The van der Waals surface area contributed by atoms with Crippen molar-refractivity contribution >= 4 is 63.7 Å². The highest BCUT2D eigenvalue weighted by molar-refractivity contribution is 8.07. The fourth-order valence-corrected chi connectivity index (χ4v) is 10.0. The van der Waals surface area contributed by atoms with Crippen molar-refractivity contribution in [3.05, 3.63) is 47.0 Å². The number of aromatic nitrogens is 4. The Morgan fingerprint density at radius 3 is 2.27 bits per heavy atom. The predicted molar refractivity (Wildman–Crippen MR) is 194 cm³/mol. The van der Waals surface area contributed by atoms with Crippen molar-refractivity contribution in [2.75, 3.05) is 18.9 Å². The molecule has 49 heavy (non-hydrogen) atoms. The normalized spacial score (nSPS) is 27.2. The van der Waals surface area contributed by atoms with Crippen LogP contribution in [0.3, 0.4) is 0 Å². The quantitative estimate of drug-likeness (QED) is 0.128. The van der Waals surface area contributed by atoms with Crippen molar-refractivity contribution < 1.29 is 35.9 Å². The number of rotatable bonds is 9. The zero-order valence-electron chi connectivity index (χ0n) is 29.6. The zero-order chi connectivity index (χ0) is 36.3. The predicted octanol–water partition coefficient (Wildman–Crippen LogP) is 8.44. The molecule has 0 radical (unpaired) electrons. The summed E-state index contributed by atoms with van der Waals surface area (Å²) < 4.78 is 70.0. The van der Waals surface area contributed by atoms with Crippen LogP contribution in [0, 0.1) is 11.6 Å². The Hall–Kier alpha value is -1.44. The molecule has 2 unspecified atom stereocenters. The maximum atomic E-state index is 14.8. The Morgan fingerprint density at radius 1 is 1.00 bits per heavy atom. The summed E-state index contributed by atoms with van der Waals surface area (Å²) in [6.07, 6.45) is -0.193. The molecule has 1 aromatic carbocycles. The van der Waals surface area contributed by atoms with Crippen LogP contribution in [-0.2, 0) is 39.0 Å². The average molecular weight is 778 g/mol. The number of fused-ring (bicyclic) bond motifs is 1. The lowest BCUT2D eigenvalue weighted by atomic mass is 10.1. The smallest absolute Gasteiger partial charge is 0.327 e. The minimum atomic E-state index is -3.44. The van der Waals surface area contributed by atoms with Crippen molar-refractivity contribution in [1.82, 2.24) is 19.5 Å². The van der Waals surface area contributed by atoms with Gasteiger partial charge in [-0.15, -0.1) is 0 Å². The minimum absolute atomic E-state index is 0.0758. The van der Waals surface area contributed by atoms with Gasteiger partial charge in [0, 0.05) is 18.1 Å². The van der Waals surface area contributed by atoms with Crippen LogP contribution in [0.2, 0.25) is 41.3 Å². The van der Waals surface area contributed by atoms with E-state index >= 15 is 0 Å². The average Bonchev–Trinajstić information content (AvgIpc) is 3.54. The van der Waals surface area contributed by atoms with E-state index in [2.05, 4.69) is 82.7 Å². The molecule has 2 fully saturated rings. The second-order valence-electron chi connectivity index (χ2n) is 15.6. The van der Waals surface area contributed by atoms with Gasteiger partial charge in [0.2, 0.25) is 0 Å². The molecule has 3 aromatic rings. The number of nitrogen functional groups attached to an aromatic ring is 1. The van der Waals surface area contributed by atoms with Gasteiger partial charge in [-0.3, -0.25) is 4.57 Å². The van der Waals surface area contributed by atoms with Gasteiger partial charge < -0.3 is 32.9 Å². The summed E-state index contributed by atoms with van der Waals surface area (Å²) in [5.41, 5.74) is 7.17. The van der Waals surface area contributed by atoms with Crippen molar-refractivity contribution in [3.63, 3.8) is 0 Å². The lowest BCUT2D eigenvalue weighted by Gasteiger charge is -2.44. The van der Waals surface area contributed by atoms with Crippen molar-refractivity contribution in [3.8, 4) is 0 Å². The van der Waals surface area contributed by atoms with Crippen LogP contribution in [-0.4, -0.2) is 67.7 Å². The van der Waals surface area contributed by atoms with Gasteiger partial charge in [0.25, 0.3) is 0 Å². The minimum Gasteiger partial charge on any atom is -0.408 e. The zero-order valence-corrected chi connectivity index (χ0v) is 34.1. The van der Waals surface area contributed by atoms with E-state index in [0.717, 1.165) is 6.07 Å². The third-order valence-corrected chi connectivity index (χ3v) is 21.7. The van der Waals surface area contributed by atoms with Crippen LogP contribution in [0.1, 0.15) is 65.9 Å². The molecule has 6 atom stereocenters. The molecular weight excluding hydrogens is 731 g/mol. The molecule has 0 bridgehead atoms. The third kappa shape index (κ3) is 7.99. The van der Waals surface area contributed by atoms with E-state index in [-0.39, 0.29) is 46.1 Å². The first kappa shape index (κ1) is 38.8. The molecular formula is C31H47ClF2N5O6PSSi2. The summed E-state index contributed by atoms with van der Waals surface area (Å²) in [5, 5.41) is -0.495. The summed E-state index contributed by atoms with van der Waals surface area (Å²) in [4.78, 5) is 13.1. The van der Waals surface area contributed by atoms with Gasteiger partial charge >= 0.3 is 6.72 Å². The van der Waals surface area contributed by atoms with E-state index in [9.17, 15) is 8.78 Å². The molecule has 0 aliphatic carbocycles. The highest BCUT2D eigenvalue weighted by Gasteiger charge is 2.55. The number of hydrogen-bond acceptors (Lipinski definition) is 11. The fraction of sp³-hybridized carbons (Fsp3) is 0.645. The molecule has 2 saturated heterocycles. The maximum Gasteiger partial charge on any atom is 0.327 e. The second-order valence-corrected chi connectivity index (χ2v) is 28.5. The highest BCUT2D eigenvalue weighted by Crippen LogP contribution is 2.58. The largest absolute Gasteiger partial charge is 0.408 e. The van der Waals surface area contributed by atoms with Crippen LogP contribution in [0.15, 0.2) is 24.8 Å². The molecule has 5 rings (SSSR count). The van der Waals surface area contributed by atoms with E-state index in [1.165, 1.54) is 12.4 Å². The van der Waals surface area contributed by atoms with E-state index in [1.807, 2.05) is 0 Å². The Labute approximate surface area is 299 Å². The molecule has 0 saturated carbocycles. The molecule has 2 aromatic heterocycles. The Balaban J connectivity index is 1.51. The van der Waals surface area contributed by atoms with Crippen LogP contribution in [0.5, 0.6) is 0 Å². The van der Waals surface area contributed by atoms with E-state index in [1.54, 1.807) is 10.9 Å². The summed E-state index contributed by atoms with van der Waals surface area (Å²) in [7, 11) is -4.88.